The van der Waals surface area contributed by atoms with E-state index in [0.29, 0.717) is 65.5 Å². The first-order chi connectivity index (χ1) is 16.5. The number of amides is 1. The van der Waals surface area contributed by atoms with Crippen molar-refractivity contribution in [1.29, 1.82) is 0 Å². The number of fused-ring (bicyclic) bond motifs is 1. The van der Waals surface area contributed by atoms with Gasteiger partial charge in [0.25, 0.3) is 5.91 Å². The lowest BCUT2D eigenvalue weighted by atomic mass is 10.1. The molecule has 0 unspecified atom stereocenters. The summed E-state index contributed by atoms with van der Waals surface area (Å²) in [6, 6.07) is 7.14. The molecule has 0 spiro atoms. The number of methoxy groups -OCH3 is 2. The summed E-state index contributed by atoms with van der Waals surface area (Å²) in [6.45, 7) is 9.73. The van der Waals surface area contributed by atoms with E-state index in [4.69, 9.17) is 23.7 Å². The standard InChI is InChI=1S/C25H32N2O6S/c1-7-11-27-17-14-18(29-5)19(30-6)15-22(17)34-25(27)26-24(28)16-12-20(31-8-2)23(33-10-4)21(13-16)32-9-3/h12-15H,7-11H2,1-6H3. The van der Waals surface area contributed by atoms with Crippen molar-refractivity contribution >= 4 is 27.5 Å². The van der Waals surface area contributed by atoms with E-state index < -0.39 is 0 Å². The van der Waals surface area contributed by atoms with Crippen LogP contribution >= 0.6 is 11.3 Å². The first-order valence-corrected chi connectivity index (χ1v) is 12.2. The van der Waals surface area contributed by atoms with Gasteiger partial charge in [0.2, 0.25) is 5.75 Å². The predicted octanol–water partition coefficient (Wildman–Crippen LogP) is 5.07. The van der Waals surface area contributed by atoms with E-state index in [2.05, 4.69) is 11.9 Å². The van der Waals surface area contributed by atoms with E-state index >= 15 is 0 Å². The summed E-state index contributed by atoms with van der Waals surface area (Å²) in [6.07, 6.45) is 0.883. The molecule has 0 bridgehead atoms. The maximum atomic E-state index is 13.3. The van der Waals surface area contributed by atoms with Gasteiger partial charge in [0, 0.05) is 24.2 Å². The summed E-state index contributed by atoms with van der Waals surface area (Å²) in [5, 5.41) is 0. The number of nitrogens with zero attached hydrogens (tertiary/aromatic N) is 2. The zero-order valence-corrected chi connectivity index (χ0v) is 21.4. The molecule has 1 aromatic heterocycles. The molecule has 0 atom stereocenters. The average Bonchev–Trinajstić information content (AvgIpc) is 3.16. The van der Waals surface area contributed by atoms with Gasteiger partial charge < -0.3 is 28.3 Å². The molecule has 0 N–H and O–H groups in total. The van der Waals surface area contributed by atoms with Crippen LogP contribution in [0.4, 0.5) is 0 Å². The molecule has 0 aliphatic carbocycles. The number of hydrogen-bond acceptors (Lipinski definition) is 7. The van der Waals surface area contributed by atoms with Crippen molar-refractivity contribution < 1.29 is 28.5 Å². The van der Waals surface area contributed by atoms with Crippen molar-refractivity contribution in [3.63, 3.8) is 0 Å². The van der Waals surface area contributed by atoms with E-state index in [1.165, 1.54) is 11.3 Å². The van der Waals surface area contributed by atoms with Crippen molar-refractivity contribution in [2.75, 3.05) is 34.0 Å². The van der Waals surface area contributed by atoms with Crippen LogP contribution in [0.3, 0.4) is 0 Å². The molecule has 0 fully saturated rings. The normalized spacial score (nSPS) is 11.5. The fourth-order valence-electron chi connectivity index (χ4n) is 3.59. The number of carbonyl (C=O) groups excluding carboxylic acids is 1. The Morgan fingerprint density at radius 2 is 1.44 bits per heavy atom. The van der Waals surface area contributed by atoms with Crippen LogP contribution in [-0.2, 0) is 6.54 Å². The van der Waals surface area contributed by atoms with Gasteiger partial charge >= 0.3 is 0 Å². The summed E-state index contributed by atoms with van der Waals surface area (Å²) < 4.78 is 31.1. The molecule has 9 heteroatoms. The second-order valence-corrected chi connectivity index (χ2v) is 8.24. The Morgan fingerprint density at radius 3 is 1.97 bits per heavy atom. The molecule has 0 aliphatic rings. The molecular formula is C25H32N2O6S. The number of aromatic nitrogens is 1. The minimum absolute atomic E-state index is 0.367. The van der Waals surface area contributed by atoms with Gasteiger partial charge in [0.15, 0.2) is 27.8 Å². The highest BCUT2D eigenvalue weighted by Gasteiger charge is 2.19. The van der Waals surface area contributed by atoms with Crippen LogP contribution in [0, 0.1) is 0 Å². The van der Waals surface area contributed by atoms with E-state index in [-0.39, 0.29) is 5.91 Å². The number of ether oxygens (including phenoxy) is 5. The third-order valence-electron chi connectivity index (χ3n) is 4.99. The smallest absolute Gasteiger partial charge is 0.279 e. The van der Waals surface area contributed by atoms with Gasteiger partial charge in [-0.25, -0.2) is 0 Å². The molecule has 8 nitrogen and oxygen atoms in total. The summed E-state index contributed by atoms with van der Waals surface area (Å²) in [5.74, 6) is 2.28. The molecule has 2 aromatic carbocycles. The number of carbonyl (C=O) groups is 1. The Labute approximate surface area is 203 Å². The summed E-state index contributed by atoms with van der Waals surface area (Å²) in [7, 11) is 3.21. The van der Waals surface area contributed by atoms with Crippen LogP contribution in [-0.4, -0.2) is 44.5 Å². The predicted molar refractivity (Wildman–Crippen MR) is 133 cm³/mol. The lowest BCUT2D eigenvalue weighted by Gasteiger charge is -2.16. The molecule has 0 saturated carbocycles. The van der Waals surface area contributed by atoms with Gasteiger partial charge in [-0.05, 0) is 39.3 Å². The molecule has 3 aromatic rings. The lowest BCUT2D eigenvalue weighted by Crippen LogP contribution is -2.17. The number of rotatable bonds is 11. The van der Waals surface area contributed by atoms with Gasteiger partial charge in [0.05, 0.1) is 44.3 Å². The molecule has 1 heterocycles. The third kappa shape index (κ3) is 5.30. The first kappa shape index (κ1) is 25.4. The Balaban J connectivity index is 2.16. The van der Waals surface area contributed by atoms with Crippen LogP contribution in [0.1, 0.15) is 44.5 Å². The topological polar surface area (TPSA) is 80.5 Å². The molecular weight excluding hydrogens is 456 g/mol. The van der Waals surface area contributed by atoms with Crippen molar-refractivity contribution in [1.82, 2.24) is 4.57 Å². The quantitative estimate of drug-likeness (QED) is 0.375. The highest BCUT2D eigenvalue weighted by atomic mass is 32.1. The van der Waals surface area contributed by atoms with Gasteiger partial charge in [-0.1, -0.05) is 18.3 Å². The van der Waals surface area contributed by atoms with Gasteiger partial charge in [0.1, 0.15) is 0 Å². The Hall–Kier alpha value is -3.20. The summed E-state index contributed by atoms with van der Waals surface area (Å²) in [5.41, 5.74) is 1.30. The fraction of sp³-hybridized carbons (Fsp3) is 0.440. The molecule has 3 rings (SSSR count). The van der Waals surface area contributed by atoms with Crippen molar-refractivity contribution in [2.45, 2.75) is 40.7 Å². The second kappa shape index (κ2) is 11.8. The number of benzene rings is 2. The number of thiazole rings is 1. The minimum atomic E-state index is -0.389. The maximum absolute atomic E-state index is 13.3. The Bertz CT molecular complexity index is 1190. The van der Waals surface area contributed by atoms with Gasteiger partial charge in [-0.2, -0.15) is 4.99 Å². The maximum Gasteiger partial charge on any atom is 0.279 e. The Kier molecular flexibility index (Phi) is 8.81. The van der Waals surface area contributed by atoms with E-state index in [0.717, 1.165) is 16.6 Å². The van der Waals surface area contributed by atoms with Crippen LogP contribution < -0.4 is 28.5 Å². The molecule has 1 amide bonds. The molecule has 34 heavy (non-hydrogen) atoms. The van der Waals surface area contributed by atoms with Crippen LogP contribution in [0.25, 0.3) is 10.2 Å². The summed E-state index contributed by atoms with van der Waals surface area (Å²) >= 11 is 1.43. The lowest BCUT2D eigenvalue weighted by molar-refractivity contribution is 0.0996. The van der Waals surface area contributed by atoms with E-state index in [1.54, 1.807) is 26.4 Å². The molecule has 184 valence electrons. The molecule has 0 saturated heterocycles. The largest absolute Gasteiger partial charge is 0.493 e. The van der Waals surface area contributed by atoms with E-state index in [9.17, 15) is 4.79 Å². The summed E-state index contributed by atoms with van der Waals surface area (Å²) in [4.78, 5) is 18.4. The van der Waals surface area contributed by atoms with Crippen molar-refractivity contribution in [3.05, 3.63) is 34.6 Å². The SMILES string of the molecule is CCCn1c(=NC(=O)c2cc(OCC)c(OCC)c(OCC)c2)sc2cc(OC)c(OC)cc21. The second-order valence-electron chi connectivity index (χ2n) is 7.23. The van der Waals surface area contributed by atoms with Crippen molar-refractivity contribution in [3.8, 4) is 28.7 Å². The van der Waals surface area contributed by atoms with Gasteiger partial charge in [-0.15, -0.1) is 0 Å². The minimum Gasteiger partial charge on any atom is -0.493 e. The van der Waals surface area contributed by atoms with Crippen molar-refractivity contribution in [2.24, 2.45) is 4.99 Å². The van der Waals surface area contributed by atoms with E-state index in [1.807, 2.05) is 37.5 Å². The molecule has 0 radical (unpaired) electrons. The highest BCUT2D eigenvalue weighted by molar-refractivity contribution is 7.16. The number of aryl methyl sites for hydroxylation is 1. The van der Waals surface area contributed by atoms with Crippen LogP contribution in [0.5, 0.6) is 28.7 Å². The first-order valence-electron chi connectivity index (χ1n) is 11.4. The zero-order valence-electron chi connectivity index (χ0n) is 20.6. The third-order valence-corrected chi connectivity index (χ3v) is 6.03. The fourth-order valence-corrected chi connectivity index (χ4v) is 4.65. The molecule has 0 aliphatic heterocycles. The Morgan fingerprint density at radius 1 is 0.853 bits per heavy atom. The zero-order chi connectivity index (χ0) is 24.7. The number of hydrogen-bond donors (Lipinski definition) is 0. The average molecular weight is 489 g/mol. The monoisotopic (exact) mass is 488 g/mol. The van der Waals surface area contributed by atoms with Crippen LogP contribution in [0.15, 0.2) is 29.3 Å². The highest BCUT2D eigenvalue weighted by Crippen LogP contribution is 2.39. The van der Waals surface area contributed by atoms with Gasteiger partial charge in [-0.3, -0.25) is 4.79 Å². The van der Waals surface area contributed by atoms with Crippen LogP contribution in [0.2, 0.25) is 0 Å².